The lowest BCUT2D eigenvalue weighted by molar-refractivity contribution is -0.881. The average Bonchev–Trinajstić information content (AvgIpc) is 2.53. The van der Waals surface area contributed by atoms with Gasteiger partial charge in [-0.15, -0.1) is 0 Å². The molecule has 2 aromatic rings. The molecule has 1 aliphatic rings. The van der Waals surface area contributed by atoms with Gasteiger partial charge in [0.25, 0.3) is 0 Å². The summed E-state index contributed by atoms with van der Waals surface area (Å²) in [7, 11) is 4.34. The number of hydrogen-bond donors (Lipinski definition) is 0. The Morgan fingerprint density at radius 3 is 1.52 bits per heavy atom. The van der Waals surface area contributed by atoms with E-state index in [0.717, 1.165) is 39.8 Å². The molecule has 23 heavy (non-hydrogen) atoms. The van der Waals surface area contributed by atoms with Crippen molar-refractivity contribution >= 4 is 17.9 Å². The molecule has 1 heterocycles. The molecular formula is C21H22NO+. The number of likely N-dealkylation sites (tertiary alicyclic amines) is 1. The predicted octanol–water partition coefficient (Wildman–Crippen LogP) is 3.81. The van der Waals surface area contributed by atoms with E-state index in [-0.39, 0.29) is 5.78 Å². The minimum absolute atomic E-state index is 0.176. The Bertz CT molecular complexity index is 691. The summed E-state index contributed by atoms with van der Waals surface area (Å²) in [6.07, 6.45) is 4.06. The third-order valence-electron chi connectivity index (χ3n) is 4.06. The first-order valence-corrected chi connectivity index (χ1v) is 7.91. The predicted molar refractivity (Wildman–Crippen MR) is 95.7 cm³/mol. The van der Waals surface area contributed by atoms with Crippen molar-refractivity contribution in [3.63, 3.8) is 0 Å². The van der Waals surface area contributed by atoms with Crippen molar-refractivity contribution in [3.05, 3.63) is 82.9 Å². The van der Waals surface area contributed by atoms with E-state index >= 15 is 0 Å². The maximum atomic E-state index is 12.9. The second-order valence-corrected chi connectivity index (χ2v) is 6.74. The Labute approximate surface area is 138 Å². The van der Waals surface area contributed by atoms with E-state index in [1.807, 2.05) is 72.8 Å². The van der Waals surface area contributed by atoms with Crippen molar-refractivity contribution in [2.24, 2.45) is 0 Å². The minimum Gasteiger partial charge on any atom is -0.321 e. The van der Waals surface area contributed by atoms with Crippen molar-refractivity contribution in [1.82, 2.24) is 0 Å². The number of likely N-dealkylation sites (N-methyl/N-ethyl adjacent to an activating group) is 1. The molecule has 0 unspecified atom stereocenters. The van der Waals surface area contributed by atoms with Gasteiger partial charge < -0.3 is 4.48 Å². The van der Waals surface area contributed by atoms with Crippen LogP contribution in [0.1, 0.15) is 11.1 Å². The lowest BCUT2D eigenvalue weighted by Crippen LogP contribution is -2.48. The van der Waals surface area contributed by atoms with Crippen LogP contribution in [-0.4, -0.2) is 37.5 Å². The van der Waals surface area contributed by atoms with E-state index in [9.17, 15) is 4.79 Å². The molecule has 0 bridgehead atoms. The molecule has 1 fully saturated rings. The van der Waals surface area contributed by atoms with Gasteiger partial charge in [0.1, 0.15) is 13.1 Å². The first kappa shape index (κ1) is 15.4. The largest absolute Gasteiger partial charge is 0.321 e. The van der Waals surface area contributed by atoms with Gasteiger partial charge in [0.05, 0.1) is 25.2 Å². The Morgan fingerprint density at radius 2 is 1.13 bits per heavy atom. The molecule has 0 aromatic heterocycles. The number of piperidine rings is 1. The highest BCUT2D eigenvalue weighted by molar-refractivity contribution is 6.14. The molecule has 0 spiro atoms. The third kappa shape index (κ3) is 3.85. The average molecular weight is 304 g/mol. The van der Waals surface area contributed by atoms with Gasteiger partial charge in [-0.25, -0.2) is 0 Å². The summed E-state index contributed by atoms with van der Waals surface area (Å²) in [5.74, 6) is 0.176. The van der Waals surface area contributed by atoms with Crippen molar-refractivity contribution in [3.8, 4) is 0 Å². The second kappa shape index (κ2) is 6.35. The zero-order valence-electron chi connectivity index (χ0n) is 13.7. The number of ketones is 1. The zero-order valence-corrected chi connectivity index (χ0v) is 13.7. The Morgan fingerprint density at radius 1 is 0.739 bits per heavy atom. The van der Waals surface area contributed by atoms with Crippen molar-refractivity contribution < 1.29 is 9.28 Å². The summed E-state index contributed by atoms with van der Waals surface area (Å²) in [4.78, 5) is 12.9. The number of benzene rings is 2. The molecule has 0 saturated carbocycles. The van der Waals surface area contributed by atoms with Gasteiger partial charge in [-0.2, -0.15) is 0 Å². The SMILES string of the molecule is C[N+]1(C)C/C(=C/c2ccccc2)C(=O)/C(=C\c2ccccc2)C1. The van der Waals surface area contributed by atoms with Crippen LogP contribution in [0.5, 0.6) is 0 Å². The number of Topliss-reactive ketones (excluding diaryl/α,β-unsaturated/α-hetero) is 1. The molecule has 0 radical (unpaired) electrons. The lowest BCUT2D eigenvalue weighted by Gasteiger charge is -2.35. The first-order chi connectivity index (χ1) is 11.0. The molecule has 116 valence electrons. The summed E-state index contributed by atoms with van der Waals surface area (Å²) in [6, 6.07) is 20.1. The van der Waals surface area contributed by atoms with E-state index in [0.29, 0.717) is 0 Å². The van der Waals surface area contributed by atoms with Crippen LogP contribution in [0.3, 0.4) is 0 Å². The van der Waals surface area contributed by atoms with Gasteiger partial charge in [0, 0.05) is 0 Å². The molecule has 2 nitrogen and oxygen atoms in total. The quantitative estimate of drug-likeness (QED) is 0.609. The molecule has 1 aliphatic heterocycles. The minimum atomic E-state index is 0.176. The van der Waals surface area contributed by atoms with E-state index in [1.165, 1.54) is 0 Å². The molecule has 0 aliphatic carbocycles. The number of hydrogen-bond acceptors (Lipinski definition) is 1. The molecule has 3 rings (SSSR count). The van der Waals surface area contributed by atoms with Crippen LogP contribution < -0.4 is 0 Å². The van der Waals surface area contributed by atoms with Gasteiger partial charge in [0.15, 0.2) is 5.78 Å². The monoisotopic (exact) mass is 304 g/mol. The summed E-state index contributed by atoms with van der Waals surface area (Å²) >= 11 is 0. The lowest BCUT2D eigenvalue weighted by atomic mass is 9.93. The van der Waals surface area contributed by atoms with E-state index in [4.69, 9.17) is 0 Å². The smallest absolute Gasteiger partial charge is 0.196 e. The van der Waals surface area contributed by atoms with Crippen molar-refractivity contribution in [1.29, 1.82) is 0 Å². The van der Waals surface area contributed by atoms with Crippen LogP contribution in [0.2, 0.25) is 0 Å². The van der Waals surface area contributed by atoms with Crippen LogP contribution in [0.25, 0.3) is 12.2 Å². The topological polar surface area (TPSA) is 17.1 Å². The van der Waals surface area contributed by atoms with E-state index in [2.05, 4.69) is 14.1 Å². The maximum absolute atomic E-state index is 12.9. The molecule has 1 saturated heterocycles. The fourth-order valence-electron chi connectivity index (χ4n) is 3.05. The molecule has 0 atom stereocenters. The highest BCUT2D eigenvalue weighted by atomic mass is 16.1. The van der Waals surface area contributed by atoms with Crippen LogP contribution in [0.15, 0.2) is 71.8 Å². The van der Waals surface area contributed by atoms with Gasteiger partial charge in [0.2, 0.25) is 0 Å². The number of carbonyl (C=O) groups excluding carboxylic acids is 1. The van der Waals surface area contributed by atoms with Crippen LogP contribution >= 0.6 is 0 Å². The number of carbonyl (C=O) groups is 1. The molecule has 2 heteroatoms. The van der Waals surface area contributed by atoms with Crippen molar-refractivity contribution in [2.45, 2.75) is 0 Å². The van der Waals surface area contributed by atoms with E-state index < -0.39 is 0 Å². The fraction of sp³-hybridized carbons (Fsp3) is 0.190. The van der Waals surface area contributed by atoms with Gasteiger partial charge in [-0.3, -0.25) is 4.79 Å². The maximum Gasteiger partial charge on any atom is 0.196 e. The summed E-state index contributed by atoms with van der Waals surface area (Å²) in [5, 5.41) is 0. The molecule has 2 aromatic carbocycles. The highest BCUT2D eigenvalue weighted by Gasteiger charge is 2.32. The van der Waals surface area contributed by atoms with Gasteiger partial charge >= 0.3 is 0 Å². The molecular weight excluding hydrogens is 282 g/mol. The second-order valence-electron chi connectivity index (χ2n) is 6.74. The van der Waals surface area contributed by atoms with Crippen LogP contribution in [-0.2, 0) is 4.79 Å². The Balaban J connectivity index is 1.98. The van der Waals surface area contributed by atoms with E-state index in [1.54, 1.807) is 0 Å². The van der Waals surface area contributed by atoms with Gasteiger partial charge in [-0.1, -0.05) is 60.7 Å². The third-order valence-corrected chi connectivity index (χ3v) is 4.06. The Hall–Kier alpha value is -2.45. The number of rotatable bonds is 2. The van der Waals surface area contributed by atoms with Crippen molar-refractivity contribution in [2.75, 3.05) is 27.2 Å². The normalized spacial score (nSPS) is 20.9. The highest BCUT2D eigenvalue weighted by Crippen LogP contribution is 2.24. The number of quaternary nitrogens is 1. The van der Waals surface area contributed by atoms with Gasteiger partial charge in [-0.05, 0) is 23.3 Å². The number of nitrogens with zero attached hydrogens (tertiary/aromatic N) is 1. The summed E-state index contributed by atoms with van der Waals surface area (Å²) < 4.78 is 0.795. The molecule has 0 N–H and O–H groups in total. The van der Waals surface area contributed by atoms with Crippen LogP contribution in [0.4, 0.5) is 0 Å². The fourth-order valence-corrected chi connectivity index (χ4v) is 3.05. The summed E-state index contributed by atoms with van der Waals surface area (Å²) in [6.45, 7) is 1.53. The Kier molecular flexibility index (Phi) is 4.26. The molecule has 0 amide bonds. The standard InChI is InChI=1S/C21H22NO/c1-22(2)15-19(13-17-9-5-3-6-10-17)21(23)20(16-22)14-18-11-7-4-8-12-18/h3-14H,15-16H2,1-2H3/q+1/b19-13-,20-14-. The summed E-state index contributed by atoms with van der Waals surface area (Å²) in [5.41, 5.74) is 3.93. The van der Waals surface area contributed by atoms with Crippen LogP contribution in [0, 0.1) is 0 Å². The zero-order chi connectivity index (χ0) is 16.3. The first-order valence-electron chi connectivity index (χ1n) is 7.91.